The second kappa shape index (κ2) is 6.10. The van der Waals surface area contributed by atoms with Crippen LogP contribution in [-0.2, 0) is 16.1 Å². The molecule has 1 N–H and O–H groups in total. The molecule has 0 aliphatic carbocycles. The molecule has 2 aliphatic rings. The fraction of sp³-hybridized carbons (Fsp3) is 0.667. The predicted octanol–water partition coefficient (Wildman–Crippen LogP) is 3.55. The van der Waals surface area contributed by atoms with Crippen molar-refractivity contribution < 1.29 is 9.53 Å². The Labute approximate surface area is 142 Å². The van der Waals surface area contributed by atoms with Gasteiger partial charge in [0.2, 0.25) is 5.91 Å². The number of rotatable bonds is 4. The predicted molar refractivity (Wildman–Crippen MR) is 92.3 cm³/mol. The Morgan fingerprint density at radius 3 is 2.87 bits per heavy atom. The van der Waals surface area contributed by atoms with E-state index in [1.807, 2.05) is 19.2 Å². The van der Waals surface area contributed by atoms with Crippen molar-refractivity contribution in [2.24, 2.45) is 5.41 Å². The number of nitrogens with one attached hydrogen (secondary N) is 1. The molecule has 0 saturated carbocycles. The number of amides is 1. The number of carbonyl (C=O) groups excluding carboxylic acids is 1. The second-order valence-electron chi connectivity index (χ2n) is 7.85. The highest BCUT2D eigenvalue weighted by molar-refractivity contribution is 8.00. The Balaban J connectivity index is 1.60. The molecule has 126 valence electrons. The fourth-order valence-corrected chi connectivity index (χ4v) is 4.43. The summed E-state index contributed by atoms with van der Waals surface area (Å²) in [6.07, 6.45) is 5.16. The molecule has 5 heteroatoms. The Morgan fingerprint density at radius 2 is 2.26 bits per heavy atom. The highest BCUT2D eigenvalue weighted by Crippen LogP contribution is 2.47. The lowest BCUT2D eigenvalue weighted by Gasteiger charge is -2.29. The number of aromatic nitrogens is 1. The highest BCUT2D eigenvalue weighted by atomic mass is 32.2. The summed E-state index contributed by atoms with van der Waals surface area (Å²) >= 11 is 1.74. The average Bonchev–Trinajstić information content (AvgIpc) is 3.04. The van der Waals surface area contributed by atoms with Crippen LogP contribution in [0.2, 0.25) is 0 Å². The lowest BCUT2D eigenvalue weighted by molar-refractivity contribution is -0.133. The molecule has 1 amide bonds. The first kappa shape index (κ1) is 16.8. The zero-order valence-corrected chi connectivity index (χ0v) is 15.2. The topological polar surface area (TPSA) is 51.2 Å². The summed E-state index contributed by atoms with van der Waals surface area (Å²) in [5, 5.41) is 4.10. The van der Waals surface area contributed by atoms with Crippen LogP contribution in [0.5, 0.6) is 0 Å². The van der Waals surface area contributed by atoms with E-state index in [0.717, 1.165) is 29.9 Å². The summed E-state index contributed by atoms with van der Waals surface area (Å²) in [4.78, 5) is 17.0. The van der Waals surface area contributed by atoms with Gasteiger partial charge in [-0.05, 0) is 43.9 Å². The Bertz CT molecular complexity index is 599. The maximum absolute atomic E-state index is 12.6. The molecule has 0 spiro atoms. The number of ether oxygens (including phenoxy) is 1. The van der Waals surface area contributed by atoms with Gasteiger partial charge in [0.1, 0.15) is 0 Å². The first-order valence-corrected chi connectivity index (χ1v) is 9.16. The van der Waals surface area contributed by atoms with E-state index in [-0.39, 0.29) is 28.3 Å². The standard InChI is InChI=1S/C18H26N2O2S/c1-17(2,3)23-15-9-12(7-8-19-15)11-20-16(21)18(4)10-13-5-6-14(18)22-13/h7-9,13-14H,5-6,10-11H2,1-4H3,(H,20,21)/t13-,14-,18+/m1/s1. The molecule has 3 rings (SSSR count). The summed E-state index contributed by atoms with van der Waals surface area (Å²) in [6, 6.07) is 4.03. The number of hydrogen-bond donors (Lipinski definition) is 1. The molecule has 23 heavy (non-hydrogen) atoms. The van der Waals surface area contributed by atoms with Crippen LogP contribution >= 0.6 is 11.8 Å². The number of thioether (sulfide) groups is 1. The van der Waals surface area contributed by atoms with Crippen molar-refractivity contribution in [2.75, 3.05) is 0 Å². The van der Waals surface area contributed by atoms with Crippen molar-refractivity contribution >= 4 is 17.7 Å². The minimum absolute atomic E-state index is 0.0944. The van der Waals surface area contributed by atoms with E-state index in [0.29, 0.717) is 6.54 Å². The van der Waals surface area contributed by atoms with E-state index in [9.17, 15) is 4.79 Å². The molecule has 4 nitrogen and oxygen atoms in total. The molecule has 2 saturated heterocycles. The van der Waals surface area contributed by atoms with Crippen molar-refractivity contribution in [3.63, 3.8) is 0 Å². The third kappa shape index (κ3) is 3.72. The van der Waals surface area contributed by atoms with Crippen LogP contribution in [0.15, 0.2) is 23.4 Å². The maximum atomic E-state index is 12.6. The first-order valence-electron chi connectivity index (χ1n) is 8.34. The maximum Gasteiger partial charge on any atom is 0.228 e. The monoisotopic (exact) mass is 334 g/mol. The Hall–Kier alpha value is -1.07. The van der Waals surface area contributed by atoms with Crippen molar-refractivity contribution in [3.8, 4) is 0 Å². The van der Waals surface area contributed by atoms with Crippen LogP contribution in [0, 0.1) is 5.41 Å². The summed E-state index contributed by atoms with van der Waals surface area (Å²) in [5.74, 6) is 0.117. The summed E-state index contributed by atoms with van der Waals surface area (Å²) in [7, 11) is 0. The van der Waals surface area contributed by atoms with Crippen molar-refractivity contribution in [3.05, 3.63) is 23.9 Å². The third-order valence-corrected chi connectivity index (χ3v) is 5.70. The summed E-state index contributed by atoms with van der Waals surface area (Å²) in [6.45, 7) is 9.10. The van der Waals surface area contributed by atoms with Gasteiger partial charge in [0, 0.05) is 17.5 Å². The molecular formula is C18H26N2O2S. The van der Waals surface area contributed by atoms with Gasteiger partial charge in [-0.2, -0.15) is 0 Å². The smallest absolute Gasteiger partial charge is 0.228 e. The van der Waals surface area contributed by atoms with Gasteiger partial charge < -0.3 is 10.1 Å². The molecule has 0 aromatic carbocycles. The minimum Gasteiger partial charge on any atom is -0.374 e. The van der Waals surface area contributed by atoms with Crippen LogP contribution in [0.4, 0.5) is 0 Å². The van der Waals surface area contributed by atoms with E-state index in [1.165, 1.54) is 0 Å². The van der Waals surface area contributed by atoms with Crippen molar-refractivity contribution in [1.82, 2.24) is 10.3 Å². The van der Waals surface area contributed by atoms with Crippen LogP contribution in [0.3, 0.4) is 0 Å². The molecule has 0 radical (unpaired) electrons. The number of pyridine rings is 1. The van der Waals surface area contributed by atoms with Crippen LogP contribution in [0.25, 0.3) is 0 Å². The van der Waals surface area contributed by atoms with Crippen LogP contribution < -0.4 is 5.32 Å². The lowest BCUT2D eigenvalue weighted by Crippen LogP contribution is -2.44. The Kier molecular flexibility index (Phi) is 4.45. The molecular weight excluding hydrogens is 308 g/mol. The van der Waals surface area contributed by atoms with Gasteiger partial charge in [0.25, 0.3) is 0 Å². The zero-order chi connectivity index (χ0) is 16.7. The van der Waals surface area contributed by atoms with Crippen LogP contribution in [0.1, 0.15) is 52.5 Å². The third-order valence-electron chi connectivity index (χ3n) is 4.65. The van der Waals surface area contributed by atoms with Crippen molar-refractivity contribution in [2.45, 2.75) is 75.5 Å². The van der Waals surface area contributed by atoms with Gasteiger partial charge in [-0.3, -0.25) is 4.79 Å². The van der Waals surface area contributed by atoms with E-state index >= 15 is 0 Å². The Morgan fingerprint density at radius 1 is 1.48 bits per heavy atom. The highest BCUT2D eigenvalue weighted by Gasteiger charge is 2.53. The molecule has 2 fully saturated rings. The molecule has 3 atom stereocenters. The summed E-state index contributed by atoms with van der Waals surface area (Å²) < 4.78 is 5.99. The number of nitrogens with zero attached hydrogens (tertiary/aromatic N) is 1. The molecule has 3 heterocycles. The molecule has 1 aromatic rings. The quantitative estimate of drug-likeness (QED) is 0.856. The second-order valence-corrected chi connectivity index (χ2v) is 9.69. The minimum atomic E-state index is -0.362. The van der Waals surface area contributed by atoms with Gasteiger partial charge in [-0.15, -0.1) is 11.8 Å². The fourth-order valence-electron chi connectivity index (χ4n) is 3.48. The number of carbonyl (C=O) groups is 1. The first-order chi connectivity index (χ1) is 10.8. The van der Waals surface area contributed by atoms with E-state index in [1.54, 1.807) is 11.8 Å². The van der Waals surface area contributed by atoms with Gasteiger partial charge >= 0.3 is 0 Å². The normalized spacial score (nSPS) is 29.7. The number of fused-ring (bicyclic) bond motifs is 2. The van der Waals surface area contributed by atoms with Gasteiger partial charge in [0.05, 0.1) is 22.6 Å². The molecule has 1 aromatic heterocycles. The summed E-state index contributed by atoms with van der Waals surface area (Å²) in [5.41, 5.74) is 0.728. The lowest BCUT2D eigenvalue weighted by atomic mass is 9.75. The largest absolute Gasteiger partial charge is 0.374 e. The molecule has 0 unspecified atom stereocenters. The van der Waals surface area contributed by atoms with Gasteiger partial charge in [0.15, 0.2) is 0 Å². The molecule has 2 aliphatic heterocycles. The van der Waals surface area contributed by atoms with Crippen LogP contribution in [-0.4, -0.2) is 27.8 Å². The van der Waals surface area contributed by atoms with E-state index in [2.05, 4.69) is 37.1 Å². The van der Waals surface area contributed by atoms with Gasteiger partial charge in [-0.1, -0.05) is 20.8 Å². The van der Waals surface area contributed by atoms with E-state index in [4.69, 9.17) is 4.74 Å². The molecule has 2 bridgehead atoms. The zero-order valence-electron chi connectivity index (χ0n) is 14.4. The van der Waals surface area contributed by atoms with E-state index < -0.39 is 0 Å². The SMILES string of the molecule is CC(C)(C)Sc1cc(CNC(=O)[C@@]2(C)C[C@H]3CC[C@H]2O3)ccn1. The van der Waals surface area contributed by atoms with Crippen molar-refractivity contribution in [1.29, 1.82) is 0 Å². The average molecular weight is 334 g/mol. The number of hydrogen-bond acceptors (Lipinski definition) is 4. The van der Waals surface area contributed by atoms with Gasteiger partial charge in [-0.25, -0.2) is 4.98 Å².